The maximum atomic E-state index is 9.50. The maximum Gasteiger partial charge on any atom is 0.0552 e. The molecule has 0 amide bonds. The Hall–Kier alpha value is -0.0800. The molecule has 82 valence electrons. The van der Waals surface area contributed by atoms with E-state index in [1.54, 1.807) is 0 Å². The third-order valence-electron chi connectivity index (χ3n) is 4.88. The van der Waals surface area contributed by atoms with E-state index in [4.69, 9.17) is 5.73 Å². The van der Waals surface area contributed by atoms with Crippen LogP contribution in [0.15, 0.2) is 0 Å². The quantitative estimate of drug-likeness (QED) is 0.711. The number of hydrogen-bond acceptors (Lipinski definition) is 2. The van der Waals surface area contributed by atoms with Gasteiger partial charge in [0.2, 0.25) is 0 Å². The Kier molecular flexibility index (Phi) is 2.61. The van der Waals surface area contributed by atoms with Crippen molar-refractivity contribution in [3.8, 4) is 0 Å². The summed E-state index contributed by atoms with van der Waals surface area (Å²) in [6.45, 7) is 3.16. The zero-order chi connectivity index (χ0) is 10.2. The van der Waals surface area contributed by atoms with Crippen molar-refractivity contribution < 1.29 is 5.11 Å². The van der Waals surface area contributed by atoms with Crippen LogP contribution in [-0.4, -0.2) is 17.8 Å². The second-order valence-electron chi connectivity index (χ2n) is 5.67. The van der Waals surface area contributed by atoms with Crippen LogP contribution in [0.5, 0.6) is 0 Å². The van der Waals surface area contributed by atoms with Crippen molar-refractivity contribution in [2.24, 2.45) is 16.6 Å². The number of nitrogens with two attached hydrogens (primary N) is 1. The van der Waals surface area contributed by atoms with Crippen molar-refractivity contribution >= 4 is 0 Å². The molecule has 0 unspecified atom stereocenters. The second kappa shape index (κ2) is 3.49. The minimum absolute atomic E-state index is 0.0719. The molecule has 2 rings (SSSR count). The molecule has 0 heterocycles. The van der Waals surface area contributed by atoms with Crippen molar-refractivity contribution in [1.82, 2.24) is 0 Å². The van der Waals surface area contributed by atoms with Crippen LogP contribution in [0.3, 0.4) is 0 Å². The van der Waals surface area contributed by atoms with Crippen LogP contribution in [0, 0.1) is 10.8 Å². The first kappa shape index (κ1) is 10.4. The molecular weight excluding hydrogens is 174 g/mol. The molecule has 0 saturated heterocycles. The van der Waals surface area contributed by atoms with Crippen LogP contribution in [0.2, 0.25) is 0 Å². The Labute approximate surface area is 86.9 Å². The summed E-state index contributed by atoms with van der Waals surface area (Å²) in [5.41, 5.74) is 6.62. The van der Waals surface area contributed by atoms with Gasteiger partial charge in [-0.25, -0.2) is 0 Å². The van der Waals surface area contributed by atoms with Gasteiger partial charge in [-0.05, 0) is 43.1 Å². The largest absolute Gasteiger partial charge is 0.393 e. The fraction of sp³-hybridized carbons (Fsp3) is 1.00. The van der Waals surface area contributed by atoms with E-state index in [-0.39, 0.29) is 11.5 Å². The van der Waals surface area contributed by atoms with Crippen LogP contribution < -0.4 is 5.73 Å². The molecule has 14 heavy (non-hydrogen) atoms. The summed E-state index contributed by atoms with van der Waals surface area (Å²) < 4.78 is 0. The summed E-state index contributed by atoms with van der Waals surface area (Å²) in [6, 6.07) is 0. The Morgan fingerprint density at radius 1 is 1.21 bits per heavy atom. The molecule has 2 aliphatic carbocycles. The lowest BCUT2D eigenvalue weighted by Crippen LogP contribution is -2.56. The molecule has 0 aliphatic heterocycles. The topological polar surface area (TPSA) is 46.2 Å². The highest BCUT2D eigenvalue weighted by molar-refractivity contribution is 5.05. The van der Waals surface area contributed by atoms with E-state index in [0.29, 0.717) is 5.41 Å². The molecule has 0 atom stereocenters. The normalized spacial score (nSPS) is 41.8. The average molecular weight is 197 g/mol. The fourth-order valence-corrected chi connectivity index (χ4v) is 3.61. The molecule has 2 heteroatoms. The van der Waals surface area contributed by atoms with Gasteiger partial charge in [-0.3, -0.25) is 0 Å². The first-order chi connectivity index (χ1) is 6.62. The van der Waals surface area contributed by atoms with Gasteiger partial charge in [0.05, 0.1) is 6.10 Å². The Balaban J connectivity index is 2.10. The smallest absolute Gasteiger partial charge is 0.0552 e. The highest BCUT2D eigenvalue weighted by Gasteiger charge is 2.54. The third kappa shape index (κ3) is 1.40. The summed E-state index contributed by atoms with van der Waals surface area (Å²) >= 11 is 0. The van der Waals surface area contributed by atoms with Crippen molar-refractivity contribution in [2.45, 2.75) is 58.0 Å². The predicted molar refractivity (Wildman–Crippen MR) is 57.9 cm³/mol. The molecule has 0 aromatic heterocycles. The van der Waals surface area contributed by atoms with Gasteiger partial charge in [-0.1, -0.05) is 26.2 Å². The zero-order valence-corrected chi connectivity index (χ0v) is 9.26. The SMILES string of the molecule is CC1(C2(CN)CC(O)C2)CCCCC1. The monoisotopic (exact) mass is 197 g/mol. The van der Waals surface area contributed by atoms with Crippen molar-refractivity contribution in [3.63, 3.8) is 0 Å². The van der Waals surface area contributed by atoms with Crippen molar-refractivity contribution in [3.05, 3.63) is 0 Å². The molecule has 0 radical (unpaired) electrons. The van der Waals surface area contributed by atoms with Gasteiger partial charge in [0.25, 0.3) is 0 Å². The molecule has 0 bridgehead atoms. The van der Waals surface area contributed by atoms with Crippen LogP contribution in [0.1, 0.15) is 51.9 Å². The highest BCUT2D eigenvalue weighted by atomic mass is 16.3. The second-order valence-corrected chi connectivity index (χ2v) is 5.67. The van der Waals surface area contributed by atoms with Crippen LogP contribution >= 0.6 is 0 Å². The van der Waals surface area contributed by atoms with Crippen LogP contribution in [0.4, 0.5) is 0 Å². The molecule has 0 spiro atoms. The Morgan fingerprint density at radius 3 is 2.21 bits per heavy atom. The summed E-state index contributed by atoms with van der Waals surface area (Å²) in [6.07, 6.45) is 8.55. The van der Waals surface area contributed by atoms with E-state index in [1.807, 2.05) is 0 Å². The number of hydrogen-bond donors (Lipinski definition) is 2. The number of rotatable bonds is 2. The van der Waals surface area contributed by atoms with Gasteiger partial charge < -0.3 is 10.8 Å². The minimum atomic E-state index is -0.0719. The lowest BCUT2D eigenvalue weighted by atomic mass is 9.49. The fourth-order valence-electron chi connectivity index (χ4n) is 3.61. The molecular formula is C12H23NO. The summed E-state index contributed by atoms with van der Waals surface area (Å²) in [5.74, 6) is 0. The first-order valence-corrected chi connectivity index (χ1v) is 6.00. The average Bonchev–Trinajstić information content (AvgIpc) is 2.13. The van der Waals surface area contributed by atoms with E-state index < -0.39 is 0 Å². The summed E-state index contributed by atoms with van der Waals surface area (Å²) in [5, 5.41) is 9.50. The molecule has 0 aromatic rings. The molecule has 2 nitrogen and oxygen atoms in total. The summed E-state index contributed by atoms with van der Waals surface area (Å²) in [4.78, 5) is 0. The summed E-state index contributed by atoms with van der Waals surface area (Å²) in [7, 11) is 0. The molecule has 0 aromatic carbocycles. The Morgan fingerprint density at radius 2 is 1.79 bits per heavy atom. The molecule has 2 saturated carbocycles. The third-order valence-corrected chi connectivity index (χ3v) is 4.88. The van der Waals surface area contributed by atoms with Gasteiger partial charge in [0, 0.05) is 0 Å². The number of aliphatic hydroxyl groups is 1. The van der Waals surface area contributed by atoms with Crippen molar-refractivity contribution in [1.29, 1.82) is 0 Å². The molecule has 2 fully saturated rings. The van der Waals surface area contributed by atoms with Gasteiger partial charge in [-0.15, -0.1) is 0 Å². The van der Waals surface area contributed by atoms with Gasteiger partial charge >= 0.3 is 0 Å². The van der Waals surface area contributed by atoms with E-state index in [1.165, 1.54) is 32.1 Å². The maximum absolute atomic E-state index is 9.50. The van der Waals surface area contributed by atoms with Crippen LogP contribution in [-0.2, 0) is 0 Å². The van der Waals surface area contributed by atoms with Crippen molar-refractivity contribution in [2.75, 3.05) is 6.54 Å². The van der Waals surface area contributed by atoms with Gasteiger partial charge in [0.1, 0.15) is 0 Å². The highest BCUT2D eigenvalue weighted by Crippen LogP contribution is 2.59. The van der Waals surface area contributed by atoms with E-state index in [9.17, 15) is 5.11 Å². The van der Waals surface area contributed by atoms with Gasteiger partial charge in [-0.2, -0.15) is 0 Å². The first-order valence-electron chi connectivity index (χ1n) is 6.00. The standard InChI is InChI=1S/C12H23NO/c1-11(5-3-2-4-6-11)12(9-13)7-10(14)8-12/h10,14H,2-9,13H2,1H3. The Bertz CT molecular complexity index is 196. The number of aliphatic hydroxyl groups excluding tert-OH is 1. The van der Waals surface area contributed by atoms with E-state index in [2.05, 4.69) is 6.92 Å². The lowest BCUT2D eigenvalue weighted by Gasteiger charge is -2.58. The van der Waals surface area contributed by atoms with Gasteiger partial charge in [0.15, 0.2) is 0 Å². The van der Waals surface area contributed by atoms with Crippen LogP contribution in [0.25, 0.3) is 0 Å². The zero-order valence-electron chi connectivity index (χ0n) is 9.26. The van der Waals surface area contributed by atoms with E-state index in [0.717, 1.165) is 19.4 Å². The molecule has 2 aliphatic rings. The predicted octanol–water partition coefficient (Wildman–Crippen LogP) is 2.06. The molecule has 3 N–H and O–H groups in total. The lowest BCUT2D eigenvalue weighted by molar-refractivity contribution is -0.120. The van der Waals surface area contributed by atoms with E-state index >= 15 is 0 Å². The minimum Gasteiger partial charge on any atom is -0.393 e.